The molecule has 0 aliphatic carbocycles. The summed E-state index contributed by atoms with van der Waals surface area (Å²) in [6.45, 7) is 2.97. The third-order valence-electron chi connectivity index (χ3n) is 4.94. The van der Waals surface area contributed by atoms with Crippen LogP contribution < -0.4 is 0 Å². The van der Waals surface area contributed by atoms with Crippen molar-refractivity contribution in [3.8, 4) is 0 Å². The van der Waals surface area contributed by atoms with Crippen LogP contribution in [0.15, 0.2) is 104 Å². The normalized spacial score (nSPS) is 15.5. The minimum absolute atomic E-state index is 0.905. The van der Waals surface area contributed by atoms with Gasteiger partial charge in [0.25, 0.3) is 0 Å². The highest BCUT2D eigenvalue weighted by Crippen LogP contribution is 2.28. The molecule has 1 aromatic heterocycles. The Bertz CT molecular complexity index is 855. The smallest absolute Gasteiger partial charge is 0.109 e. The number of nitrogens with zero attached hydrogens (tertiary/aromatic N) is 2. The molecule has 2 nitrogen and oxygen atoms in total. The van der Waals surface area contributed by atoms with Gasteiger partial charge in [0, 0.05) is 23.5 Å². The lowest BCUT2D eigenvalue weighted by atomic mass is 10.0. The van der Waals surface area contributed by atoms with E-state index in [1.807, 2.05) is 12.4 Å². The molecule has 0 saturated carbocycles. The largest absolute Gasteiger partial charge is 0.286 e. The molecular weight excluding hydrogens is 316 g/mol. The maximum Gasteiger partial charge on any atom is 0.109 e. The monoisotopic (exact) mass is 339 g/mol. The topological polar surface area (TPSA) is 12.9 Å². The van der Waals surface area contributed by atoms with E-state index in [4.69, 9.17) is 0 Å². The van der Waals surface area contributed by atoms with Gasteiger partial charge in [0.15, 0.2) is 0 Å². The Balaban J connectivity index is 1.62. The van der Waals surface area contributed by atoms with Gasteiger partial charge in [-0.1, -0.05) is 60.7 Å². The number of hydrogen-bond donors (Lipinski definition) is 0. The Kier molecular flexibility index (Phi) is 4.76. The Morgan fingerprint density at radius 1 is 0.731 bits per heavy atom. The first-order valence-electron chi connectivity index (χ1n) is 9.06. The highest BCUT2D eigenvalue weighted by molar-refractivity contribution is 5.74. The van der Waals surface area contributed by atoms with E-state index in [2.05, 4.69) is 96.1 Å². The second-order valence-electron chi connectivity index (χ2n) is 6.90. The van der Waals surface area contributed by atoms with Gasteiger partial charge < -0.3 is 0 Å². The molecular formula is C24H23N2+. The first-order valence-corrected chi connectivity index (χ1v) is 9.06. The first-order chi connectivity index (χ1) is 12.8. The van der Waals surface area contributed by atoms with Crippen molar-refractivity contribution in [1.82, 2.24) is 4.98 Å². The van der Waals surface area contributed by atoms with E-state index < -0.39 is 0 Å². The van der Waals surface area contributed by atoms with Crippen LogP contribution >= 0.6 is 0 Å². The number of benzene rings is 2. The number of quaternary nitrogens is 1. The number of aromatic nitrogens is 1. The van der Waals surface area contributed by atoms with E-state index in [0.717, 1.165) is 24.1 Å². The maximum atomic E-state index is 4.13. The van der Waals surface area contributed by atoms with E-state index in [1.165, 1.54) is 22.3 Å². The maximum absolute atomic E-state index is 4.13. The van der Waals surface area contributed by atoms with Crippen molar-refractivity contribution in [2.24, 2.45) is 0 Å². The Labute approximate surface area is 155 Å². The zero-order valence-electron chi connectivity index (χ0n) is 14.8. The van der Waals surface area contributed by atoms with E-state index in [9.17, 15) is 0 Å². The molecule has 26 heavy (non-hydrogen) atoms. The molecule has 128 valence electrons. The van der Waals surface area contributed by atoms with Crippen molar-refractivity contribution < 1.29 is 4.48 Å². The molecule has 0 saturated heterocycles. The van der Waals surface area contributed by atoms with Crippen molar-refractivity contribution in [1.29, 1.82) is 0 Å². The van der Waals surface area contributed by atoms with Crippen LogP contribution in [-0.2, 0) is 13.1 Å². The molecule has 0 amide bonds. The fourth-order valence-electron chi connectivity index (χ4n) is 3.59. The molecule has 0 spiro atoms. The predicted molar refractivity (Wildman–Crippen MR) is 107 cm³/mol. The summed E-state index contributed by atoms with van der Waals surface area (Å²) in [5, 5.41) is 0. The standard InChI is InChI=1S/C24H23N2/c1-3-7-21(8-4-1)19-26(20-22-9-5-2-6-10-22)17-13-24(14-18-26)23-11-15-25-16-12-23/h1-17H,18-20H2/q+1. The second kappa shape index (κ2) is 7.51. The summed E-state index contributed by atoms with van der Waals surface area (Å²) in [7, 11) is 0. The third-order valence-corrected chi connectivity index (χ3v) is 4.94. The SMILES string of the molecule is C1=C[N+](Cc2ccccc2)(Cc2ccccc2)CC=C1c1ccncc1. The summed E-state index contributed by atoms with van der Waals surface area (Å²) < 4.78 is 0.905. The zero-order valence-corrected chi connectivity index (χ0v) is 14.8. The van der Waals surface area contributed by atoms with Crippen molar-refractivity contribution in [3.05, 3.63) is 120 Å². The molecule has 2 aromatic carbocycles. The highest BCUT2D eigenvalue weighted by Gasteiger charge is 2.27. The van der Waals surface area contributed by atoms with Gasteiger partial charge >= 0.3 is 0 Å². The molecule has 0 unspecified atom stereocenters. The molecule has 0 N–H and O–H groups in total. The van der Waals surface area contributed by atoms with Crippen LogP contribution in [-0.4, -0.2) is 16.0 Å². The van der Waals surface area contributed by atoms with E-state index in [1.54, 1.807) is 0 Å². The average Bonchev–Trinajstić information content (AvgIpc) is 2.71. The van der Waals surface area contributed by atoms with Crippen LogP contribution in [0.5, 0.6) is 0 Å². The van der Waals surface area contributed by atoms with Crippen molar-refractivity contribution in [3.63, 3.8) is 0 Å². The fraction of sp³-hybridized carbons (Fsp3) is 0.125. The minimum Gasteiger partial charge on any atom is -0.286 e. The van der Waals surface area contributed by atoms with Gasteiger partial charge in [0.1, 0.15) is 19.6 Å². The van der Waals surface area contributed by atoms with Gasteiger partial charge in [-0.05, 0) is 35.4 Å². The third kappa shape index (κ3) is 3.81. The Hall–Kier alpha value is -2.97. The molecule has 4 rings (SSSR count). The van der Waals surface area contributed by atoms with Gasteiger partial charge in [-0.25, -0.2) is 0 Å². The summed E-state index contributed by atoms with van der Waals surface area (Å²) in [5.41, 5.74) is 5.25. The number of pyridine rings is 1. The van der Waals surface area contributed by atoms with E-state index in [-0.39, 0.29) is 0 Å². The van der Waals surface area contributed by atoms with Crippen LogP contribution in [0.1, 0.15) is 16.7 Å². The van der Waals surface area contributed by atoms with Gasteiger partial charge in [-0.15, -0.1) is 0 Å². The lowest BCUT2D eigenvalue weighted by molar-refractivity contribution is -0.901. The lowest BCUT2D eigenvalue weighted by Crippen LogP contribution is -2.42. The summed E-state index contributed by atoms with van der Waals surface area (Å²) in [6.07, 6.45) is 10.7. The molecule has 0 radical (unpaired) electrons. The second-order valence-corrected chi connectivity index (χ2v) is 6.90. The van der Waals surface area contributed by atoms with Crippen molar-refractivity contribution in [2.45, 2.75) is 13.1 Å². The highest BCUT2D eigenvalue weighted by atomic mass is 15.3. The molecule has 2 heteroatoms. The quantitative estimate of drug-likeness (QED) is 0.582. The summed E-state index contributed by atoms with van der Waals surface area (Å²) >= 11 is 0. The van der Waals surface area contributed by atoms with Crippen LogP contribution in [0.25, 0.3) is 5.57 Å². The van der Waals surface area contributed by atoms with E-state index >= 15 is 0 Å². The molecule has 0 bridgehead atoms. The van der Waals surface area contributed by atoms with Gasteiger partial charge in [-0.2, -0.15) is 0 Å². The van der Waals surface area contributed by atoms with Crippen molar-refractivity contribution >= 4 is 5.57 Å². The Morgan fingerprint density at radius 3 is 1.81 bits per heavy atom. The van der Waals surface area contributed by atoms with E-state index in [0.29, 0.717) is 0 Å². The van der Waals surface area contributed by atoms with Crippen LogP contribution in [0.3, 0.4) is 0 Å². The first kappa shape index (κ1) is 16.5. The molecule has 0 fully saturated rings. The fourth-order valence-corrected chi connectivity index (χ4v) is 3.59. The minimum atomic E-state index is 0.905. The molecule has 1 aliphatic heterocycles. The molecule has 3 aromatic rings. The molecule has 0 atom stereocenters. The molecule has 1 aliphatic rings. The predicted octanol–water partition coefficient (Wildman–Crippen LogP) is 5.21. The summed E-state index contributed by atoms with van der Waals surface area (Å²) in [4.78, 5) is 4.13. The summed E-state index contributed by atoms with van der Waals surface area (Å²) in [6, 6.07) is 25.7. The number of rotatable bonds is 5. The van der Waals surface area contributed by atoms with Gasteiger partial charge in [-0.3, -0.25) is 9.47 Å². The van der Waals surface area contributed by atoms with Crippen LogP contribution in [0.4, 0.5) is 0 Å². The average molecular weight is 339 g/mol. The Morgan fingerprint density at radius 2 is 1.31 bits per heavy atom. The zero-order chi connectivity index (χ0) is 17.7. The summed E-state index contributed by atoms with van der Waals surface area (Å²) in [5.74, 6) is 0. The van der Waals surface area contributed by atoms with Crippen LogP contribution in [0, 0.1) is 0 Å². The van der Waals surface area contributed by atoms with Gasteiger partial charge in [0.05, 0.1) is 6.20 Å². The number of allylic oxidation sites excluding steroid dienone is 2. The molecule has 2 heterocycles. The number of hydrogen-bond acceptors (Lipinski definition) is 1. The van der Waals surface area contributed by atoms with Crippen LogP contribution in [0.2, 0.25) is 0 Å². The van der Waals surface area contributed by atoms with Gasteiger partial charge in [0.2, 0.25) is 0 Å². The van der Waals surface area contributed by atoms with Crippen molar-refractivity contribution in [2.75, 3.05) is 6.54 Å². The lowest BCUT2D eigenvalue weighted by Gasteiger charge is -2.36.